The van der Waals surface area contributed by atoms with Crippen molar-refractivity contribution in [3.63, 3.8) is 0 Å². The fraction of sp³-hybridized carbons (Fsp3) is 0.400. The van der Waals surface area contributed by atoms with Crippen LogP contribution in [0.15, 0.2) is 53.3 Å². The molecule has 2 amide bonds. The summed E-state index contributed by atoms with van der Waals surface area (Å²) in [5.74, 6) is -1.63. The number of pyridine rings is 1. The fourth-order valence-corrected chi connectivity index (χ4v) is 5.61. The highest BCUT2D eigenvalue weighted by atomic mass is 19.1. The molecule has 10 nitrogen and oxygen atoms in total. The molecule has 0 atom stereocenters. The molecule has 12 heteroatoms. The van der Waals surface area contributed by atoms with Crippen LogP contribution in [-0.2, 0) is 4.74 Å². The Hall–Kier alpha value is -4.87. The van der Waals surface area contributed by atoms with Crippen molar-refractivity contribution in [3.05, 3.63) is 81.6 Å². The quantitative estimate of drug-likeness (QED) is 0.256. The van der Waals surface area contributed by atoms with Crippen molar-refractivity contribution in [1.29, 1.82) is 0 Å². The lowest BCUT2D eigenvalue weighted by Crippen LogP contribution is -2.40. The molecular formula is C35H40F2N6O4. The summed E-state index contributed by atoms with van der Waals surface area (Å²) in [4.78, 5) is 50.1. The third-order valence-electron chi connectivity index (χ3n) is 7.91. The first-order valence-electron chi connectivity index (χ1n) is 15.7. The molecule has 4 aromatic rings. The Morgan fingerprint density at radius 2 is 1.70 bits per heavy atom. The van der Waals surface area contributed by atoms with Crippen molar-refractivity contribution in [2.24, 2.45) is 5.92 Å². The zero-order valence-electron chi connectivity index (χ0n) is 27.5. The number of nitrogens with one attached hydrogen (secondary N) is 2. The number of hydrogen-bond donors (Lipinski definition) is 2. The van der Waals surface area contributed by atoms with E-state index < -0.39 is 34.6 Å². The van der Waals surface area contributed by atoms with Crippen LogP contribution in [0.4, 0.5) is 19.5 Å². The molecule has 3 heterocycles. The molecule has 0 aliphatic carbocycles. The van der Waals surface area contributed by atoms with Gasteiger partial charge in [-0.2, -0.15) is 4.98 Å². The summed E-state index contributed by atoms with van der Waals surface area (Å²) in [6.07, 6.45) is 0.945. The molecule has 2 N–H and O–H groups in total. The molecule has 0 saturated carbocycles. The number of amides is 2. The van der Waals surface area contributed by atoms with E-state index >= 15 is 8.78 Å². The standard InChI is InChI=1S/C35H40F2N6O4/c1-20(2)39-32(45)23-11-10-21(3)25(18-23)29-24-12-13-28(44)43(30-26(36)8-7-9-27(30)37)31(24)41-33(40-29)42-16-14-22(15-17-42)19-38-34(46)47-35(4,5)6/h7-13,18,20,22H,14-17,19H2,1-6H3,(H,38,46)(H,39,45). The second kappa shape index (κ2) is 13.5. The molecule has 5 rings (SSSR count). The van der Waals surface area contributed by atoms with E-state index in [0.717, 1.165) is 22.3 Å². The second-order valence-electron chi connectivity index (χ2n) is 13.2. The van der Waals surface area contributed by atoms with Crippen molar-refractivity contribution >= 4 is 29.0 Å². The largest absolute Gasteiger partial charge is 0.444 e. The van der Waals surface area contributed by atoms with Gasteiger partial charge in [-0.05, 0) is 96.2 Å². The molecule has 2 aromatic carbocycles. The number of carbonyl (C=O) groups is 2. The van der Waals surface area contributed by atoms with E-state index in [1.165, 1.54) is 12.1 Å². The van der Waals surface area contributed by atoms with E-state index in [2.05, 4.69) is 10.6 Å². The van der Waals surface area contributed by atoms with Crippen LogP contribution in [0.5, 0.6) is 0 Å². The third kappa shape index (κ3) is 7.58. The van der Waals surface area contributed by atoms with Gasteiger partial charge in [0, 0.05) is 48.3 Å². The van der Waals surface area contributed by atoms with Crippen LogP contribution in [0.25, 0.3) is 28.0 Å². The first-order chi connectivity index (χ1) is 22.2. The van der Waals surface area contributed by atoms with E-state index in [4.69, 9.17) is 14.7 Å². The molecule has 1 aliphatic heterocycles. The van der Waals surface area contributed by atoms with Crippen molar-refractivity contribution in [1.82, 2.24) is 25.2 Å². The maximum atomic E-state index is 15.2. The number of fused-ring (bicyclic) bond motifs is 1. The fourth-order valence-electron chi connectivity index (χ4n) is 5.61. The van der Waals surface area contributed by atoms with Crippen LogP contribution < -0.4 is 21.1 Å². The number of halogens is 2. The Morgan fingerprint density at radius 3 is 2.34 bits per heavy atom. The molecule has 0 spiro atoms. The molecule has 1 fully saturated rings. The number of ether oxygens (including phenoxy) is 1. The topological polar surface area (TPSA) is 118 Å². The lowest BCUT2D eigenvalue weighted by molar-refractivity contribution is 0.0516. The third-order valence-corrected chi connectivity index (χ3v) is 7.91. The molecule has 1 saturated heterocycles. The Kier molecular flexibility index (Phi) is 9.60. The van der Waals surface area contributed by atoms with Gasteiger partial charge in [0.05, 0.1) is 5.69 Å². The Labute approximate surface area is 272 Å². The van der Waals surface area contributed by atoms with Gasteiger partial charge in [0.25, 0.3) is 11.5 Å². The number of para-hydroxylation sites is 1. The second-order valence-corrected chi connectivity index (χ2v) is 13.2. The molecule has 0 unspecified atom stereocenters. The average molecular weight is 647 g/mol. The molecule has 0 bridgehead atoms. The molecule has 47 heavy (non-hydrogen) atoms. The maximum Gasteiger partial charge on any atom is 0.407 e. The van der Waals surface area contributed by atoms with E-state index in [0.29, 0.717) is 54.7 Å². The summed E-state index contributed by atoms with van der Waals surface area (Å²) in [6, 6.07) is 11.4. The number of piperidine rings is 1. The van der Waals surface area contributed by atoms with E-state index in [9.17, 15) is 14.4 Å². The average Bonchev–Trinajstić information content (AvgIpc) is 2.99. The van der Waals surface area contributed by atoms with Crippen molar-refractivity contribution in [2.75, 3.05) is 24.5 Å². The summed E-state index contributed by atoms with van der Waals surface area (Å²) in [5.41, 5.74) is 0.496. The highest BCUT2D eigenvalue weighted by Crippen LogP contribution is 2.33. The monoisotopic (exact) mass is 646 g/mol. The summed E-state index contributed by atoms with van der Waals surface area (Å²) >= 11 is 0. The maximum absolute atomic E-state index is 15.2. The Bertz CT molecular complexity index is 1860. The zero-order chi connectivity index (χ0) is 34.0. The summed E-state index contributed by atoms with van der Waals surface area (Å²) < 4.78 is 36.6. The molecular weight excluding hydrogens is 606 g/mol. The predicted octanol–water partition coefficient (Wildman–Crippen LogP) is 5.91. The van der Waals surface area contributed by atoms with Crippen LogP contribution in [-0.4, -0.2) is 57.8 Å². The van der Waals surface area contributed by atoms with Gasteiger partial charge in [0.15, 0.2) is 5.65 Å². The van der Waals surface area contributed by atoms with Gasteiger partial charge in [-0.25, -0.2) is 18.6 Å². The first-order valence-corrected chi connectivity index (χ1v) is 15.7. The van der Waals surface area contributed by atoms with E-state index in [1.807, 2.05) is 31.7 Å². The van der Waals surface area contributed by atoms with Crippen molar-refractivity contribution < 1.29 is 23.1 Å². The number of alkyl carbamates (subject to hydrolysis) is 1. The first kappa shape index (κ1) is 33.5. The van der Waals surface area contributed by atoms with E-state index in [-0.39, 0.29) is 29.5 Å². The lowest BCUT2D eigenvalue weighted by Gasteiger charge is -2.32. The normalized spacial score (nSPS) is 14.0. The summed E-state index contributed by atoms with van der Waals surface area (Å²) in [5, 5.41) is 6.12. The van der Waals surface area contributed by atoms with Gasteiger partial charge in [0.1, 0.15) is 22.9 Å². The number of rotatable bonds is 7. The van der Waals surface area contributed by atoms with Gasteiger partial charge >= 0.3 is 6.09 Å². The Morgan fingerprint density at radius 1 is 1.02 bits per heavy atom. The summed E-state index contributed by atoms with van der Waals surface area (Å²) in [7, 11) is 0. The van der Waals surface area contributed by atoms with Crippen molar-refractivity contribution in [2.45, 2.75) is 66.0 Å². The SMILES string of the molecule is Cc1ccc(C(=O)NC(C)C)cc1-c1nc(N2CCC(CNC(=O)OC(C)(C)C)CC2)nc2c1ccc(=O)n2-c1c(F)cccc1F. The minimum atomic E-state index is -0.914. The van der Waals surface area contributed by atoms with Crippen LogP contribution in [0.1, 0.15) is 63.4 Å². The van der Waals surface area contributed by atoms with Gasteiger partial charge in [-0.3, -0.25) is 14.2 Å². The smallest absolute Gasteiger partial charge is 0.407 e. The molecule has 2 aromatic heterocycles. The number of anilines is 1. The van der Waals surface area contributed by atoms with Crippen LogP contribution in [0.3, 0.4) is 0 Å². The summed E-state index contributed by atoms with van der Waals surface area (Å²) in [6.45, 7) is 12.6. The highest BCUT2D eigenvalue weighted by Gasteiger charge is 2.26. The van der Waals surface area contributed by atoms with Crippen LogP contribution in [0.2, 0.25) is 0 Å². The molecule has 1 aliphatic rings. The number of aryl methyl sites for hydroxylation is 1. The van der Waals surface area contributed by atoms with Crippen molar-refractivity contribution in [3.8, 4) is 16.9 Å². The van der Waals surface area contributed by atoms with Gasteiger partial charge in [-0.15, -0.1) is 0 Å². The zero-order valence-corrected chi connectivity index (χ0v) is 27.5. The van der Waals surface area contributed by atoms with Crippen LogP contribution in [0, 0.1) is 24.5 Å². The number of carbonyl (C=O) groups excluding carboxylic acids is 2. The Balaban J connectivity index is 1.59. The number of benzene rings is 2. The minimum absolute atomic E-state index is 0.0339. The number of aromatic nitrogens is 3. The van der Waals surface area contributed by atoms with E-state index in [1.54, 1.807) is 39.0 Å². The van der Waals surface area contributed by atoms with Gasteiger partial charge < -0.3 is 20.3 Å². The number of hydrogen-bond acceptors (Lipinski definition) is 7. The molecule has 248 valence electrons. The van der Waals surface area contributed by atoms with Crippen LogP contribution >= 0.6 is 0 Å². The van der Waals surface area contributed by atoms with Gasteiger partial charge in [0.2, 0.25) is 5.95 Å². The number of nitrogens with zero attached hydrogens (tertiary/aromatic N) is 4. The van der Waals surface area contributed by atoms with Gasteiger partial charge in [-0.1, -0.05) is 12.1 Å². The minimum Gasteiger partial charge on any atom is -0.444 e. The molecule has 0 radical (unpaired) electrons. The highest BCUT2D eigenvalue weighted by molar-refractivity contribution is 5.98. The predicted molar refractivity (Wildman–Crippen MR) is 177 cm³/mol. The lowest BCUT2D eigenvalue weighted by atomic mass is 9.97.